The second-order valence-electron chi connectivity index (χ2n) is 9.04. The molecule has 0 radical (unpaired) electrons. The molecule has 5 rings (SSSR count). The number of aryl methyl sites for hydroxylation is 1. The molecule has 13 heteroatoms. The van der Waals surface area contributed by atoms with E-state index in [1.165, 1.54) is 41.5 Å². The molecule has 1 aliphatic carbocycles. The lowest BCUT2D eigenvalue weighted by Gasteiger charge is -2.37. The molecule has 1 unspecified atom stereocenters. The first kappa shape index (κ1) is 27.6. The summed E-state index contributed by atoms with van der Waals surface area (Å²) in [5.41, 5.74) is 10.2. The number of aromatic nitrogens is 2. The average molecular weight is 593 g/mol. The molecule has 0 spiro atoms. The van der Waals surface area contributed by atoms with E-state index >= 15 is 0 Å². The molecular weight excluding hydrogens is 569 g/mol. The highest BCUT2D eigenvalue weighted by Gasteiger charge is 2.42. The van der Waals surface area contributed by atoms with Gasteiger partial charge in [-0.05, 0) is 61.0 Å². The predicted octanol–water partition coefficient (Wildman–Crippen LogP) is 4.73. The number of benzene rings is 1. The number of carbonyl (C=O) groups excluding carboxylic acids is 3. The van der Waals surface area contributed by atoms with Crippen LogP contribution in [0.3, 0.4) is 0 Å². The number of nitrogens with two attached hydrogens (primary N) is 1. The minimum absolute atomic E-state index is 0.0136. The Morgan fingerprint density at radius 3 is 2.70 bits per heavy atom. The number of Topliss-reactive ketones (excluding diaryl/α,β-unsaturated/α-hetero) is 1. The fraction of sp³-hybridized carbons (Fsp3) is 0.259. The normalized spacial score (nSPS) is 17.0. The fourth-order valence-corrected chi connectivity index (χ4v) is 7.46. The smallest absolute Gasteiger partial charge is 0.337 e. The van der Waals surface area contributed by atoms with Gasteiger partial charge in [0.1, 0.15) is 5.82 Å². The maximum Gasteiger partial charge on any atom is 0.337 e. The summed E-state index contributed by atoms with van der Waals surface area (Å²) in [5, 5.41) is 23.9. The standard InChI is InChI=1S/C27H24N6O4S3/c1-14-10-11-38-23(14)21-17(12-28)24(29)33(18-4-3-5-19(34)22(18)21)26-31-32-27(40-26)39-13-20(35)30-16-8-6-15(7-9-16)25(36)37-2/h6-11,21H,3-5,13,29H2,1-2H3,(H,30,35). The number of nitrogens with zero attached hydrogens (tertiary/aromatic N) is 4. The number of methoxy groups -OCH3 is 1. The van der Waals surface area contributed by atoms with Gasteiger partial charge in [0.05, 0.1) is 36.0 Å². The lowest BCUT2D eigenvalue weighted by molar-refractivity contribution is -0.116. The molecular formula is C27H24N6O4S3. The first-order chi connectivity index (χ1) is 19.3. The van der Waals surface area contributed by atoms with Crippen LogP contribution < -0.4 is 16.0 Å². The van der Waals surface area contributed by atoms with Crippen LogP contribution in [0.25, 0.3) is 0 Å². The van der Waals surface area contributed by atoms with Crippen molar-refractivity contribution in [1.82, 2.24) is 10.2 Å². The molecule has 3 N–H and O–H groups in total. The molecule has 0 bridgehead atoms. The summed E-state index contributed by atoms with van der Waals surface area (Å²) in [4.78, 5) is 40.0. The van der Waals surface area contributed by atoms with Gasteiger partial charge < -0.3 is 15.8 Å². The number of thioether (sulfide) groups is 1. The van der Waals surface area contributed by atoms with Gasteiger partial charge in [0.15, 0.2) is 10.1 Å². The molecule has 1 amide bonds. The van der Waals surface area contributed by atoms with Crippen molar-refractivity contribution in [3.8, 4) is 6.07 Å². The van der Waals surface area contributed by atoms with Crippen molar-refractivity contribution in [3.05, 3.63) is 74.4 Å². The molecule has 1 atom stereocenters. The number of esters is 1. The molecule has 3 aromatic rings. The Bertz CT molecular complexity index is 1600. The van der Waals surface area contributed by atoms with Crippen molar-refractivity contribution in [1.29, 1.82) is 5.26 Å². The van der Waals surface area contributed by atoms with Crippen molar-refractivity contribution in [3.63, 3.8) is 0 Å². The van der Waals surface area contributed by atoms with Crippen molar-refractivity contribution < 1.29 is 19.1 Å². The summed E-state index contributed by atoms with van der Waals surface area (Å²) in [7, 11) is 1.31. The number of nitriles is 1. The van der Waals surface area contributed by atoms with Crippen molar-refractivity contribution in [2.75, 3.05) is 23.1 Å². The number of nitrogens with one attached hydrogen (secondary N) is 1. The van der Waals surface area contributed by atoms with Gasteiger partial charge in [0.2, 0.25) is 11.0 Å². The number of hydrogen-bond donors (Lipinski definition) is 2. The average Bonchev–Trinajstić information content (AvgIpc) is 3.60. The molecule has 1 aromatic carbocycles. The molecule has 204 valence electrons. The highest BCUT2D eigenvalue weighted by molar-refractivity contribution is 8.01. The van der Waals surface area contributed by atoms with Crippen LogP contribution in [0.4, 0.5) is 10.8 Å². The molecule has 0 saturated heterocycles. The summed E-state index contributed by atoms with van der Waals surface area (Å²) in [6, 6.07) is 10.6. The van der Waals surface area contributed by atoms with Crippen LogP contribution in [0.2, 0.25) is 0 Å². The first-order valence-corrected chi connectivity index (χ1v) is 14.9. The minimum atomic E-state index is -0.490. The van der Waals surface area contributed by atoms with Gasteiger partial charge in [-0.3, -0.25) is 14.5 Å². The van der Waals surface area contributed by atoms with Crippen molar-refractivity contribution >= 4 is 62.9 Å². The third-order valence-electron chi connectivity index (χ3n) is 6.58. The fourth-order valence-electron chi connectivity index (χ4n) is 4.73. The summed E-state index contributed by atoms with van der Waals surface area (Å²) < 4.78 is 5.22. The van der Waals surface area contributed by atoms with E-state index < -0.39 is 11.9 Å². The van der Waals surface area contributed by atoms with Gasteiger partial charge in [0, 0.05) is 28.3 Å². The number of thiophene rings is 1. The Labute approximate surface area is 242 Å². The van der Waals surface area contributed by atoms with Crippen LogP contribution in [0.15, 0.2) is 62.7 Å². The zero-order chi connectivity index (χ0) is 28.4. The maximum atomic E-state index is 13.2. The zero-order valence-corrected chi connectivity index (χ0v) is 24.0. The third kappa shape index (κ3) is 5.25. The lowest BCUT2D eigenvalue weighted by atomic mass is 9.78. The Kier molecular flexibility index (Phi) is 8.02. The largest absolute Gasteiger partial charge is 0.465 e. The molecule has 40 heavy (non-hydrogen) atoms. The molecule has 0 saturated carbocycles. The molecule has 3 heterocycles. The Hall–Kier alpha value is -3.99. The van der Waals surface area contributed by atoms with Crippen molar-refractivity contribution in [2.45, 2.75) is 36.4 Å². The van der Waals surface area contributed by atoms with Gasteiger partial charge >= 0.3 is 5.97 Å². The van der Waals surface area contributed by atoms with Crippen LogP contribution >= 0.6 is 34.4 Å². The SMILES string of the molecule is COC(=O)c1ccc(NC(=O)CSc2nnc(N3C(N)=C(C#N)C(c4sccc4C)C4=C3CCCC4=O)s2)cc1. The molecule has 0 fully saturated rings. The van der Waals surface area contributed by atoms with E-state index in [0.29, 0.717) is 51.1 Å². The number of ketones is 1. The molecule has 2 aliphatic rings. The van der Waals surface area contributed by atoms with Gasteiger partial charge in [-0.1, -0.05) is 23.1 Å². The Morgan fingerprint density at radius 2 is 2.02 bits per heavy atom. The predicted molar refractivity (Wildman–Crippen MR) is 154 cm³/mol. The summed E-state index contributed by atoms with van der Waals surface area (Å²) in [6.07, 6.45) is 1.73. The Morgan fingerprint density at radius 1 is 1.25 bits per heavy atom. The Balaban J connectivity index is 1.35. The summed E-state index contributed by atoms with van der Waals surface area (Å²) in [5.74, 6) is -0.864. The van der Waals surface area contributed by atoms with E-state index in [9.17, 15) is 19.6 Å². The van der Waals surface area contributed by atoms with Crippen molar-refractivity contribution in [2.24, 2.45) is 5.73 Å². The molecule has 10 nitrogen and oxygen atoms in total. The number of amides is 1. The van der Waals surface area contributed by atoms with Crippen LogP contribution in [0.1, 0.15) is 46.0 Å². The summed E-state index contributed by atoms with van der Waals surface area (Å²) >= 11 is 3.97. The number of hydrogen-bond acceptors (Lipinski definition) is 12. The third-order valence-corrected chi connectivity index (χ3v) is 9.71. The lowest BCUT2D eigenvalue weighted by Crippen LogP contribution is -2.38. The van der Waals surface area contributed by atoms with Crippen LogP contribution in [-0.4, -0.2) is 40.7 Å². The number of allylic oxidation sites excluding steroid dienone is 3. The van der Waals surface area contributed by atoms with Crippen LogP contribution in [-0.2, 0) is 14.3 Å². The second kappa shape index (κ2) is 11.6. The van der Waals surface area contributed by atoms with E-state index in [2.05, 4.69) is 26.3 Å². The maximum absolute atomic E-state index is 13.2. The number of carbonyl (C=O) groups is 3. The number of rotatable bonds is 7. The topological polar surface area (TPSA) is 151 Å². The zero-order valence-electron chi connectivity index (χ0n) is 21.6. The van der Waals surface area contributed by atoms with Crippen LogP contribution in [0.5, 0.6) is 0 Å². The van der Waals surface area contributed by atoms with Gasteiger partial charge in [0.25, 0.3) is 0 Å². The monoisotopic (exact) mass is 592 g/mol. The second-order valence-corrected chi connectivity index (χ2v) is 12.2. The van der Waals surface area contributed by atoms with E-state index in [1.54, 1.807) is 29.2 Å². The van der Waals surface area contributed by atoms with Crippen LogP contribution in [0, 0.1) is 18.3 Å². The highest BCUT2D eigenvalue weighted by atomic mass is 32.2. The van der Waals surface area contributed by atoms with Gasteiger partial charge in [-0.15, -0.1) is 21.5 Å². The molecule has 2 aromatic heterocycles. The van der Waals surface area contributed by atoms with E-state index in [0.717, 1.165) is 16.1 Å². The number of anilines is 2. The highest BCUT2D eigenvalue weighted by Crippen LogP contribution is 2.48. The van der Waals surface area contributed by atoms with Gasteiger partial charge in [-0.25, -0.2) is 4.79 Å². The minimum Gasteiger partial charge on any atom is -0.465 e. The van der Waals surface area contributed by atoms with E-state index in [-0.39, 0.29) is 23.3 Å². The van der Waals surface area contributed by atoms with E-state index in [4.69, 9.17) is 5.73 Å². The quantitative estimate of drug-likeness (QED) is 0.291. The summed E-state index contributed by atoms with van der Waals surface area (Å²) in [6.45, 7) is 1.97. The number of ether oxygens (including phenoxy) is 1. The first-order valence-electron chi connectivity index (χ1n) is 12.3. The van der Waals surface area contributed by atoms with E-state index in [1.807, 2.05) is 18.4 Å². The van der Waals surface area contributed by atoms with Gasteiger partial charge in [-0.2, -0.15) is 5.26 Å². The molecule has 1 aliphatic heterocycles.